The van der Waals surface area contributed by atoms with Gasteiger partial charge in [-0.2, -0.15) is 0 Å². The Morgan fingerprint density at radius 1 is 1.35 bits per heavy atom. The highest BCUT2D eigenvalue weighted by Crippen LogP contribution is 2.21. The van der Waals surface area contributed by atoms with Crippen molar-refractivity contribution in [3.63, 3.8) is 0 Å². The van der Waals surface area contributed by atoms with Crippen LogP contribution >= 0.6 is 15.9 Å². The maximum absolute atomic E-state index is 13.9. The van der Waals surface area contributed by atoms with Crippen molar-refractivity contribution in [2.75, 3.05) is 13.1 Å². The number of nitrogens with zero attached hydrogens (tertiary/aromatic N) is 1. The number of halogens is 2. The molecular weight excluding hydrogens is 323 g/mol. The van der Waals surface area contributed by atoms with Crippen molar-refractivity contribution in [2.45, 2.75) is 39.8 Å². The van der Waals surface area contributed by atoms with Gasteiger partial charge in [0.05, 0.1) is 6.04 Å². The van der Waals surface area contributed by atoms with Crippen LogP contribution in [0.5, 0.6) is 0 Å². The number of nitrogens with one attached hydrogen (secondary N) is 1. The molecule has 0 radical (unpaired) electrons. The molecule has 0 aliphatic carbocycles. The molecule has 3 nitrogen and oxygen atoms in total. The predicted molar refractivity (Wildman–Crippen MR) is 83.0 cm³/mol. The molecular formula is C15H22BrFN2O. The molecule has 0 aromatic heterocycles. The minimum absolute atomic E-state index is 0.0411. The van der Waals surface area contributed by atoms with Crippen LogP contribution in [0.1, 0.15) is 39.3 Å². The van der Waals surface area contributed by atoms with Crippen LogP contribution in [0.2, 0.25) is 0 Å². The van der Waals surface area contributed by atoms with E-state index in [-0.39, 0.29) is 23.8 Å². The standard InChI is InChI=1S/C15H22BrFN2O/c1-5-19(6-2)15(20)11(4)18-10(3)13-8-7-12(16)9-14(13)17/h7-11,18H,5-6H2,1-4H3. The zero-order valence-electron chi connectivity index (χ0n) is 12.4. The summed E-state index contributed by atoms with van der Waals surface area (Å²) in [5.41, 5.74) is 0.562. The molecule has 0 aliphatic rings. The van der Waals surface area contributed by atoms with Crippen LogP contribution in [0.3, 0.4) is 0 Å². The van der Waals surface area contributed by atoms with Crippen molar-refractivity contribution < 1.29 is 9.18 Å². The summed E-state index contributed by atoms with van der Waals surface area (Å²) in [5, 5.41) is 3.16. The first kappa shape index (κ1) is 17.1. The zero-order valence-corrected chi connectivity index (χ0v) is 14.0. The minimum Gasteiger partial charge on any atom is -0.342 e. The maximum atomic E-state index is 13.9. The van der Waals surface area contributed by atoms with Crippen LogP contribution in [0.4, 0.5) is 4.39 Å². The topological polar surface area (TPSA) is 32.3 Å². The van der Waals surface area contributed by atoms with Crippen molar-refractivity contribution in [1.82, 2.24) is 10.2 Å². The molecule has 0 aliphatic heterocycles. The lowest BCUT2D eigenvalue weighted by Gasteiger charge is -2.26. The highest BCUT2D eigenvalue weighted by Gasteiger charge is 2.21. The van der Waals surface area contributed by atoms with Crippen LogP contribution in [-0.2, 0) is 4.79 Å². The molecule has 2 atom stereocenters. The van der Waals surface area contributed by atoms with Gasteiger partial charge in [-0.1, -0.05) is 22.0 Å². The summed E-state index contributed by atoms with van der Waals surface area (Å²) in [6.45, 7) is 8.94. The van der Waals surface area contributed by atoms with Gasteiger partial charge in [-0.15, -0.1) is 0 Å². The summed E-state index contributed by atoms with van der Waals surface area (Å²) in [7, 11) is 0. The third kappa shape index (κ3) is 4.28. The molecule has 0 fully saturated rings. The Morgan fingerprint density at radius 2 is 1.95 bits per heavy atom. The molecule has 1 N–H and O–H groups in total. The second-order valence-corrected chi connectivity index (χ2v) is 5.70. The smallest absolute Gasteiger partial charge is 0.239 e. The third-order valence-electron chi connectivity index (χ3n) is 3.37. The maximum Gasteiger partial charge on any atom is 0.239 e. The quantitative estimate of drug-likeness (QED) is 0.856. The second kappa shape index (κ2) is 7.74. The van der Waals surface area contributed by atoms with Crippen LogP contribution in [0, 0.1) is 5.82 Å². The molecule has 0 bridgehead atoms. The summed E-state index contributed by atoms with van der Waals surface area (Å²) in [4.78, 5) is 13.9. The van der Waals surface area contributed by atoms with Gasteiger partial charge >= 0.3 is 0 Å². The van der Waals surface area contributed by atoms with E-state index in [4.69, 9.17) is 0 Å². The minimum atomic E-state index is -0.340. The van der Waals surface area contributed by atoms with E-state index in [9.17, 15) is 9.18 Å². The third-order valence-corrected chi connectivity index (χ3v) is 3.87. The summed E-state index contributed by atoms with van der Waals surface area (Å²) in [6.07, 6.45) is 0. The number of amides is 1. The molecule has 0 saturated heterocycles. The summed E-state index contributed by atoms with van der Waals surface area (Å²) in [6, 6.07) is 4.40. The van der Waals surface area contributed by atoms with Crippen LogP contribution in [0.15, 0.2) is 22.7 Å². The van der Waals surface area contributed by atoms with Crippen molar-refractivity contribution in [3.8, 4) is 0 Å². The van der Waals surface area contributed by atoms with Gasteiger partial charge in [0.15, 0.2) is 0 Å². The summed E-state index contributed by atoms with van der Waals surface area (Å²) >= 11 is 3.24. The van der Waals surface area contributed by atoms with Crippen molar-refractivity contribution in [3.05, 3.63) is 34.1 Å². The lowest BCUT2D eigenvalue weighted by molar-refractivity contribution is -0.132. The Morgan fingerprint density at radius 3 is 2.45 bits per heavy atom. The van der Waals surface area contributed by atoms with E-state index in [0.717, 1.165) is 0 Å². The van der Waals surface area contributed by atoms with E-state index >= 15 is 0 Å². The van der Waals surface area contributed by atoms with Crippen LogP contribution in [0.25, 0.3) is 0 Å². The van der Waals surface area contributed by atoms with E-state index in [2.05, 4.69) is 21.2 Å². The highest BCUT2D eigenvalue weighted by atomic mass is 79.9. The molecule has 20 heavy (non-hydrogen) atoms. The fraction of sp³-hybridized carbons (Fsp3) is 0.533. The first-order valence-corrected chi connectivity index (χ1v) is 7.69. The first-order valence-electron chi connectivity index (χ1n) is 6.90. The molecule has 5 heteroatoms. The number of rotatable bonds is 6. The fourth-order valence-corrected chi connectivity index (χ4v) is 2.53. The Bertz CT molecular complexity index is 463. The van der Waals surface area contributed by atoms with E-state index in [1.807, 2.05) is 27.7 Å². The van der Waals surface area contributed by atoms with E-state index in [1.54, 1.807) is 17.0 Å². The van der Waals surface area contributed by atoms with Gasteiger partial charge in [-0.3, -0.25) is 10.1 Å². The molecule has 1 aromatic carbocycles. The number of hydrogen-bond donors (Lipinski definition) is 1. The lowest BCUT2D eigenvalue weighted by atomic mass is 10.1. The molecule has 1 rings (SSSR count). The van der Waals surface area contributed by atoms with E-state index in [1.165, 1.54) is 6.07 Å². The number of hydrogen-bond acceptors (Lipinski definition) is 2. The number of benzene rings is 1. The van der Waals surface area contributed by atoms with Gasteiger partial charge in [-0.25, -0.2) is 4.39 Å². The van der Waals surface area contributed by atoms with Crippen molar-refractivity contribution in [2.24, 2.45) is 0 Å². The molecule has 0 saturated carbocycles. The molecule has 112 valence electrons. The predicted octanol–water partition coefficient (Wildman–Crippen LogP) is 3.50. The SMILES string of the molecule is CCN(CC)C(=O)C(C)NC(C)c1ccc(Br)cc1F. The van der Waals surface area contributed by atoms with Gasteiger partial charge in [-0.05, 0) is 39.8 Å². The van der Waals surface area contributed by atoms with Crippen molar-refractivity contribution in [1.29, 1.82) is 0 Å². The Balaban J connectivity index is 2.74. The van der Waals surface area contributed by atoms with E-state index in [0.29, 0.717) is 23.1 Å². The van der Waals surface area contributed by atoms with Crippen molar-refractivity contribution >= 4 is 21.8 Å². The Hall–Kier alpha value is -0.940. The van der Waals surface area contributed by atoms with Gasteiger partial charge in [0.25, 0.3) is 0 Å². The first-order chi connectivity index (χ1) is 9.40. The summed E-state index contributed by atoms with van der Waals surface area (Å²) in [5.74, 6) is -0.235. The largest absolute Gasteiger partial charge is 0.342 e. The number of likely N-dealkylation sites (N-methyl/N-ethyl adjacent to an activating group) is 1. The van der Waals surface area contributed by atoms with E-state index < -0.39 is 0 Å². The number of carbonyl (C=O) groups excluding carboxylic acids is 1. The monoisotopic (exact) mass is 344 g/mol. The average molecular weight is 345 g/mol. The molecule has 2 unspecified atom stereocenters. The Kier molecular flexibility index (Phi) is 6.62. The van der Waals surface area contributed by atoms with Gasteiger partial charge in [0.1, 0.15) is 5.82 Å². The lowest BCUT2D eigenvalue weighted by Crippen LogP contribution is -2.45. The molecule has 1 aromatic rings. The molecule has 0 spiro atoms. The van der Waals surface area contributed by atoms with Crippen LogP contribution in [-0.4, -0.2) is 29.9 Å². The normalized spacial score (nSPS) is 13.9. The molecule has 0 heterocycles. The zero-order chi connectivity index (χ0) is 15.3. The van der Waals surface area contributed by atoms with Gasteiger partial charge < -0.3 is 4.90 Å². The fourth-order valence-electron chi connectivity index (χ4n) is 2.20. The molecule has 1 amide bonds. The average Bonchev–Trinajstić information content (AvgIpc) is 2.39. The van der Waals surface area contributed by atoms with Crippen LogP contribution < -0.4 is 5.32 Å². The summed E-state index contributed by atoms with van der Waals surface area (Å²) < 4.78 is 14.6. The second-order valence-electron chi connectivity index (χ2n) is 4.79. The highest BCUT2D eigenvalue weighted by molar-refractivity contribution is 9.10. The van der Waals surface area contributed by atoms with Gasteiger partial charge in [0, 0.05) is 29.2 Å². The number of carbonyl (C=O) groups is 1. The van der Waals surface area contributed by atoms with Gasteiger partial charge in [0.2, 0.25) is 5.91 Å². The Labute approximate surface area is 128 Å².